The molecule has 5 aromatic rings. The number of nitrogens with zero attached hydrogens (tertiary/aromatic N) is 7. The predicted octanol–water partition coefficient (Wildman–Crippen LogP) is 4.80. The number of anilines is 3. The third-order valence-corrected chi connectivity index (χ3v) is 5.95. The van der Waals surface area contributed by atoms with E-state index in [0.717, 1.165) is 33.7 Å². The topological polar surface area (TPSA) is 124 Å². The molecule has 0 bridgehead atoms. The summed E-state index contributed by atoms with van der Waals surface area (Å²) >= 11 is 0. The van der Waals surface area contributed by atoms with Gasteiger partial charge in [0.05, 0.1) is 11.1 Å². The second-order valence-electron chi connectivity index (χ2n) is 9.51. The Morgan fingerprint density at radius 3 is 2.59 bits per heavy atom. The molecule has 0 radical (unpaired) electrons. The molecule has 0 spiro atoms. The highest BCUT2D eigenvalue weighted by Crippen LogP contribution is 2.30. The minimum atomic E-state index is -0.235. The van der Waals surface area contributed by atoms with Crippen LogP contribution in [0.1, 0.15) is 25.2 Å². The van der Waals surface area contributed by atoms with E-state index in [4.69, 9.17) is 9.47 Å². The zero-order valence-corrected chi connectivity index (χ0v) is 20.9. The molecule has 0 saturated carbocycles. The number of hydrogen-bond donors (Lipinski definition) is 2. The van der Waals surface area contributed by atoms with Crippen molar-refractivity contribution in [2.45, 2.75) is 33.2 Å². The van der Waals surface area contributed by atoms with Crippen molar-refractivity contribution in [2.75, 3.05) is 17.2 Å². The van der Waals surface area contributed by atoms with Gasteiger partial charge in [-0.15, -0.1) is 10.2 Å². The van der Waals surface area contributed by atoms with Crippen LogP contribution in [0.3, 0.4) is 0 Å². The maximum atomic E-state index is 6.02. The molecule has 37 heavy (non-hydrogen) atoms. The molecule has 11 heteroatoms. The SMILES string of the molecule is Cc1cc(Nc2ncnc3ccc(NC4=NC(C)(C)CO4)cc23)ccc1Oc1cc2nnc(C)n2cn1. The Labute approximate surface area is 212 Å². The molecule has 0 unspecified atom stereocenters. The van der Waals surface area contributed by atoms with Crippen molar-refractivity contribution in [1.29, 1.82) is 0 Å². The van der Waals surface area contributed by atoms with Crippen molar-refractivity contribution in [3.63, 3.8) is 0 Å². The molecule has 2 N–H and O–H groups in total. The molecule has 0 saturated heterocycles. The fourth-order valence-electron chi connectivity index (χ4n) is 4.04. The number of benzene rings is 2. The molecule has 3 aromatic heterocycles. The van der Waals surface area contributed by atoms with E-state index in [1.807, 2.05) is 64.1 Å². The lowest BCUT2D eigenvalue weighted by atomic mass is 10.1. The molecule has 1 aliphatic heterocycles. The van der Waals surface area contributed by atoms with Crippen LogP contribution in [0.5, 0.6) is 11.6 Å². The molecular weight excluding hydrogens is 470 g/mol. The molecule has 1 aliphatic rings. The Kier molecular flexibility index (Phi) is 5.32. The van der Waals surface area contributed by atoms with Gasteiger partial charge in [-0.25, -0.2) is 19.9 Å². The van der Waals surface area contributed by atoms with Crippen LogP contribution in [0.15, 0.2) is 60.1 Å². The zero-order valence-electron chi connectivity index (χ0n) is 20.9. The smallest absolute Gasteiger partial charge is 0.289 e. The second kappa shape index (κ2) is 8.70. The number of aryl methyl sites for hydroxylation is 2. The minimum absolute atomic E-state index is 0.235. The molecule has 0 aliphatic carbocycles. The number of ether oxygens (including phenoxy) is 2. The van der Waals surface area contributed by atoms with E-state index >= 15 is 0 Å². The van der Waals surface area contributed by atoms with Gasteiger partial charge in [-0.3, -0.25) is 4.40 Å². The van der Waals surface area contributed by atoms with E-state index in [2.05, 4.69) is 40.8 Å². The summed E-state index contributed by atoms with van der Waals surface area (Å²) in [5.41, 5.74) is 3.90. The Hall–Kier alpha value is -4.80. The standard InChI is InChI=1S/C26H25N9O2/c1-15-9-17(6-8-21(15)37-23-11-22-34-33-16(2)35(22)14-29-23)30-24-19-10-18(5-7-20(19)27-13-28-24)31-25-32-26(3,4)12-36-25/h5-11,13-14H,12H2,1-4H3,(H,31,32)(H,27,28,30). The van der Waals surface area contributed by atoms with E-state index in [9.17, 15) is 0 Å². The molecule has 4 heterocycles. The van der Waals surface area contributed by atoms with E-state index < -0.39 is 0 Å². The summed E-state index contributed by atoms with van der Waals surface area (Å²) in [7, 11) is 0. The Bertz CT molecular complexity index is 1680. The average molecular weight is 496 g/mol. The van der Waals surface area contributed by atoms with Crippen molar-refractivity contribution in [2.24, 2.45) is 4.99 Å². The number of aromatic nitrogens is 6. The number of fused-ring (bicyclic) bond motifs is 2. The van der Waals surface area contributed by atoms with Gasteiger partial charge in [-0.2, -0.15) is 0 Å². The number of nitrogens with one attached hydrogen (secondary N) is 2. The van der Waals surface area contributed by atoms with Gasteiger partial charge in [-0.1, -0.05) is 0 Å². The van der Waals surface area contributed by atoms with Gasteiger partial charge in [-0.05, 0) is 69.7 Å². The van der Waals surface area contributed by atoms with Gasteiger partial charge in [0, 0.05) is 22.8 Å². The lowest BCUT2D eigenvalue weighted by Gasteiger charge is -2.13. The van der Waals surface area contributed by atoms with Crippen LogP contribution in [-0.2, 0) is 4.74 Å². The summed E-state index contributed by atoms with van der Waals surface area (Å²) in [6, 6.07) is 13.9. The van der Waals surface area contributed by atoms with E-state index in [0.29, 0.717) is 35.7 Å². The molecular formula is C26H25N9O2. The van der Waals surface area contributed by atoms with E-state index in [1.165, 1.54) is 0 Å². The third kappa shape index (κ3) is 4.58. The molecule has 0 amide bonds. The Balaban J connectivity index is 1.23. The lowest BCUT2D eigenvalue weighted by molar-refractivity contribution is 0.278. The summed E-state index contributed by atoms with van der Waals surface area (Å²) < 4.78 is 13.5. The van der Waals surface area contributed by atoms with Crippen LogP contribution < -0.4 is 15.4 Å². The quantitative estimate of drug-likeness (QED) is 0.354. The van der Waals surface area contributed by atoms with Crippen molar-refractivity contribution >= 4 is 39.8 Å². The first-order valence-corrected chi connectivity index (χ1v) is 11.8. The van der Waals surface area contributed by atoms with Gasteiger partial charge in [0.2, 0.25) is 5.88 Å². The van der Waals surface area contributed by atoms with Crippen LogP contribution >= 0.6 is 0 Å². The van der Waals surface area contributed by atoms with Crippen molar-refractivity contribution < 1.29 is 9.47 Å². The third-order valence-electron chi connectivity index (χ3n) is 5.95. The monoisotopic (exact) mass is 495 g/mol. The van der Waals surface area contributed by atoms with Crippen LogP contribution in [0.4, 0.5) is 17.2 Å². The fraction of sp³-hybridized carbons (Fsp3) is 0.231. The largest absolute Gasteiger partial charge is 0.462 e. The van der Waals surface area contributed by atoms with Crippen LogP contribution in [-0.4, -0.2) is 47.7 Å². The molecule has 0 atom stereocenters. The zero-order chi connectivity index (χ0) is 25.6. The van der Waals surface area contributed by atoms with E-state index in [1.54, 1.807) is 23.1 Å². The maximum absolute atomic E-state index is 6.02. The van der Waals surface area contributed by atoms with Crippen molar-refractivity contribution in [1.82, 2.24) is 29.5 Å². The Morgan fingerprint density at radius 2 is 1.78 bits per heavy atom. The summed E-state index contributed by atoms with van der Waals surface area (Å²) in [5, 5.41) is 15.7. The summed E-state index contributed by atoms with van der Waals surface area (Å²) in [6.07, 6.45) is 3.20. The van der Waals surface area contributed by atoms with Gasteiger partial charge in [0.15, 0.2) is 5.65 Å². The highest BCUT2D eigenvalue weighted by molar-refractivity contribution is 5.97. The average Bonchev–Trinajstić information content (AvgIpc) is 3.41. The fourth-order valence-corrected chi connectivity index (χ4v) is 4.04. The summed E-state index contributed by atoms with van der Waals surface area (Å²) in [6.45, 7) is 8.45. The number of amidine groups is 1. The highest BCUT2D eigenvalue weighted by Gasteiger charge is 2.26. The molecule has 11 nitrogen and oxygen atoms in total. The minimum Gasteiger partial charge on any atom is -0.462 e. The summed E-state index contributed by atoms with van der Waals surface area (Å²) in [4.78, 5) is 17.8. The molecule has 0 fully saturated rings. The number of hydrogen-bond acceptors (Lipinski definition) is 10. The van der Waals surface area contributed by atoms with Crippen LogP contribution in [0, 0.1) is 13.8 Å². The van der Waals surface area contributed by atoms with Gasteiger partial charge >= 0.3 is 0 Å². The van der Waals surface area contributed by atoms with Crippen LogP contribution in [0.25, 0.3) is 16.6 Å². The van der Waals surface area contributed by atoms with E-state index in [-0.39, 0.29) is 5.54 Å². The number of rotatable bonds is 5. The van der Waals surface area contributed by atoms with Crippen molar-refractivity contribution in [3.8, 4) is 11.6 Å². The maximum Gasteiger partial charge on any atom is 0.289 e. The summed E-state index contributed by atoms with van der Waals surface area (Å²) in [5.74, 6) is 2.60. The van der Waals surface area contributed by atoms with Crippen LogP contribution in [0.2, 0.25) is 0 Å². The first kappa shape index (κ1) is 22.7. The normalized spacial score (nSPS) is 14.4. The first-order valence-electron chi connectivity index (χ1n) is 11.8. The van der Waals surface area contributed by atoms with Gasteiger partial charge in [0.1, 0.15) is 36.7 Å². The second-order valence-corrected chi connectivity index (χ2v) is 9.51. The highest BCUT2D eigenvalue weighted by atomic mass is 16.5. The predicted molar refractivity (Wildman–Crippen MR) is 141 cm³/mol. The molecule has 6 rings (SSSR count). The lowest BCUT2D eigenvalue weighted by Crippen LogP contribution is -2.17. The van der Waals surface area contributed by atoms with Gasteiger partial charge in [0.25, 0.3) is 6.02 Å². The molecule has 2 aromatic carbocycles. The Morgan fingerprint density at radius 1 is 0.946 bits per heavy atom. The molecule has 186 valence electrons. The number of aliphatic imine (C=N–C) groups is 1. The van der Waals surface area contributed by atoms with Crippen molar-refractivity contribution in [3.05, 3.63) is 66.5 Å². The van der Waals surface area contributed by atoms with Gasteiger partial charge < -0.3 is 20.1 Å². The first-order chi connectivity index (χ1) is 17.8.